The molecule has 170 valence electrons. The summed E-state index contributed by atoms with van der Waals surface area (Å²) in [6, 6.07) is 8.38. The number of aromatic hydroxyl groups is 2. The van der Waals surface area contributed by atoms with Gasteiger partial charge in [-0.3, -0.25) is 14.3 Å². The summed E-state index contributed by atoms with van der Waals surface area (Å²) < 4.78 is 66.6. The molecule has 1 aliphatic carbocycles. The molecule has 0 saturated heterocycles. The maximum atomic E-state index is 13.1. The van der Waals surface area contributed by atoms with E-state index in [4.69, 9.17) is 11.6 Å². The molecule has 0 atom stereocenters. The number of phenols is 2. The molecule has 4 rings (SSSR count). The Labute approximate surface area is 189 Å². The highest BCUT2D eigenvalue weighted by atomic mass is 35.5. The van der Waals surface area contributed by atoms with Crippen molar-refractivity contribution in [2.24, 2.45) is 0 Å². The van der Waals surface area contributed by atoms with Gasteiger partial charge in [0.1, 0.15) is 0 Å². The quantitative estimate of drug-likeness (QED) is 0.362. The molecule has 12 heteroatoms. The van der Waals surface area contributed by atoms with Crippen LogP contribution >= 0.6 is 11.6 Å². The topological polar surface area (TPSA) is 121 Å². The molecule has 3 aromatic carbocycles. The second-order valence-corrected chi connectivity index (χ2v) is 9.08. The maximum Gasteiger partial charge on any atom is 0.417 e. The van der Waals surface area contributed by atoms with Gasteiger partial charge in [0.15, 0.2) is 23.1 Å². The fraction of sp³-hybridized carbons (Fsp3) is 0.0476. The lowest BCUT2D eigenvalue weighted by atomic mass is 9.83. The number of sulfonamides is 1. The highest BCUT2D eigenvalue weighted by Crippen LogP contribution is 2.44. The first kappa shape index (κ1) is 22.6. The van der Waals surface area contributed by atoms with Gasteiger partial charge in [0.2, 0.25) is 0 Å². The largest absolute Gasteiger partial charge is 0.504 e. The molecule has 7 nitrogen and oxygen atoms in total. The number of hydrogen-bond acceptors (Lipinski definition) is 6. The number of alkyl halides is 3. The summed E-state index contributed by atoms with van der Waals surface area (Å²) in [6.07, 6.45) is -4.94. The summed E-state index contributed by atoms with van der Waals surface area (Å²) in [5.41, 5.74) is -3.04. The number of phenolic OH excluding ortho intramolecular Hbond substituents is 2. The average Bonchev–Trinajstić information content (AvgIpc) is 2.74. The number of ketones is 2. The minimum absolute atomic E-state index is 0.00131. The first-order valence-corrected chi connectivity index (χ1v) is 10.9. The van der Waals surface area contributed by atoms with Crippen LogP contribution in [0.25, 0.3) is 0 Å². The van der Waals surface area contributed by atoms with E-state index < -0.39 is 71.6 Å². The molecule has 0 unspecified atom stereocenters. The lowest BCUT2D eigenvalue weighted by molar-refractivity contribution is -0.137. The molecule has 1 aliphatic rings. The Morgan fingerprint density at radius 1 is 0.848 bits per heavy atom. The van der Waals surface area contributed by atoms with E-state index in [0.29, 0.717) is 6.07 Å². The Morgan fingerprint density at radius 3 is 2.06 bits per heavy atom. The van der Waals surface area contributed by atoms with Crippen LogP contribution in [0.2, 0.25) is 5.02 Å². The Kier molecular flexibility index (Phi) is 5.14. The van der Waals surface area contributed by atoms with Crippen molar-refractivity contribution in [2.45, 2.75) is 11.1 Å². The predicted octanol–water partition coefficient (Wildman–Crippen LogP) is 4.35. The van der Waals surface area contributed by atoms with Crippen molar-refractivity contribution in [1.82, 2.24) is 0 Å². The summed E-state index contributed by atoms with van der Waals surface area (Å²) in [5.74, 6) is -3.62. The molecule has 3 N–H and O–H groups in total. The number of anilines is 1. The van der Waals surface area contributed by atoms with Gasteiger partial charge in [0.25, 0.3) is 10.0 Å². The summed E-state index contributed by atoms with van der Waals surface area (Å²) in [7, 11) is -4.75. The van der Waals surface area contributed by atoms with Crippen LogP contribution in [0.1, 0.15) is 37.4 Å². The van der Waals surface area contributed by atoms with Crippen LogP contribution in [0, 0.1) is 0 Å². The van der Waals surface area contributed by atoms with E-state index in [1.807, 2.05) is 4.72 Å². The summed E-state index contributed by atoms with van der Waals surface area (Å²) >= 11 is 5.51. The van der Waals surface area contributed by atoms with E-state index in [1.54, 1.807) is 0 Å². The Morgan fingerprint density at radius 2 is 1.45 bits per heavy atom. The first-order valence-electron chi connectivity index (χ1n) is 9.00. The zero-order chi connectivity index (χ0) is 24.3. The number of hydrogen-bond donors (Lipinski definition) is 3. The van der Waals surface area contributed by atoms with E-state index in [0.717, 1.165) is 18.2 Å². The molecule has 0 radical (unpaired) electrons. The SMILES string of the molecule is O=C1c2ccccc2C(=O)c2c1cc(NS(=O)(=O)c1ccc(Cl)c(C(F)(F)F)c1)c(O)c2O. The van der Waals surface area contributed by atoms with Gasteiger partial charge in [-0.2, -0.15) is 13.2 Å². The van der Waals surface area contributed by atoms with Crippen LogP contribution in [0.4, 0.5) is 18.9 Å². The normalized spacial score (nSPS) is 13.5. The van der Waals surface area contributed by atoms with E-state index >= 15 is 0 Å². The van der Waals surface area contributed by atoms with Gasteiger partial charge in [0, 0.05) is 16.7 Å². The van der Waals surface area contributed by atoms with Crippen LogP contribution in [0.15, 0.2) is 53.4 Å². The van der Waals surface area contributed by atoms with Crippen LogP contribution in [-0.2, 0) is 16.2 Å². The smallest absolute Gasteiger partial charge is 0.417 e. The third-order valence-corrected chi connectivity index (χ3v) is 6.65. The Balaban J connectivity index is 1.82. The van der Waals surface area contributed by atoms with Crippen molar-refractivity contribution in [3.63, 3.8) is 0 Å². The molecule has 0 bridgehead atoms. The third-order valence-electron chi connectivity index (χ3n) is 4.96. The van der Waals surface area contributed by atoms with Crippen LogP contribution in [0.5, 0.6) is 11.5 Å². The highest BCUT2D eigenvalue weighted by Gasteiger charge is 2.36. The second kappa shape index (κ2) is 7.49. The molecular weight excluding hydrogens is 487 g/mol. The predicted molar refractivity (Wildman–Crippen MR) is 110 cm³/mol. The second-order valence-electron chi connectivity index (χ2n) is 6.99. The lowest BCUT2D eigenvalue weighted by Crippen LogP contribution is -2.22. The minimum Gasteiger partial charge on any atom is -0.504 e. The fourth-order valence-corrected chi connectivity index (χ4v) is 4.70. The van der Waals surface area contributed by atoms with Crippen molar-refractivity contribution in [3.05, 3.63) is 81.4 Å². The minimum atomic E-state index is -4.94. The monoisotopic (exact) mass is 497 g/mol. The zero-order valence-electron chi connectivity index (χ0n) is 16.1. The van der Waals surface area contributed by atoms with Crippen molar-refractivity contribution < 1.29 is 41.4 Å². The van der Waals surface area contributed by atoms with Gasteiger partial charge >= 0.3 is 6.18 Å². The number of carbonyl (C=O) groups is 2. The van der Waals surface area contributed by atoms with Gasteiger partial charge in [-0.05, 0) is 24.3 Å². The molecule has 3 aromatic rings. The zero-order valence-corrected chi connectivity index (χ0v) is 17.6. The van der Waals surface area contributed by atoms with Gasteiger partial charge in [-0.15, -0.1) is 0 Å². The van der Waals surface area contributed by atoms with E-state index in [-0.39, 0.29) is 11.1 Å². The number of carbonyl (C=O) groups excluding carboxylic acids is 2. The number of nitrogens with one attached hydrogen (secondary N) is 1. The molecular formula is C21H11ClF3NO6S. The third kappa shape index (κ3) is 3.68. The van der Waals surface area contributed by atoms with Gasteiger partial charge in [-0.1, -0.05) is 35.9 Å². The van der Waals surface area contributed by atoms with E-state index in [1.165, 1.54) is 24.3 Å². The highest BCUT2D eigenvalue weighted by molar-refractivity contribution is 7.92. The number of fused-ring (bicyclic) bond motifs is 2. The van der Waals surface area contributed by atoms with Crippen molar-refractivity contribution in [2.75, 3.05) is 4.72 Å². The van der Waals surface area contributed by atoms with Gasteiger partial charge < -0.3 is 10.2 Å². The molecule has 0 fully saturated rings. The Bertz CT molecular complexity index is 1470. The van der Waals surface area contributed by atoms with E-state index in [2.05, 4.69) is 0 Å². The molecule has 0 heterocycles. The number of halogens is 4. The van der Waals surface area contributed by atoms with Gasteiger partial charge in [-0.25, -0.2) is 8.42 Å². The molecule has 0 aromatic heterocycles. The molecule has 33 heavy (non-hydrogen) atoms. The summed E-state index contributed by atoms with van der Waals surface area (Å²) in [5, 5.41) is 19.9. The molecule has 0 amide bonds. The van der Waals surface area contributed by atoms with Crippen LogP contribution < -0.4 is 4.72 Å². The number of benzene rings is 3. The molecule has 0 saturated carbocycles. The average molecular weight is 498 g/mol. The van der Waals surface area contributed by atoms with Crippen molar-refractivity contribution >= 4 is 38.9 Å². The standard InChI is InChI=1S/C21H11ClF3NO6S/c22-14-6-5-9(7-13(14)21(23,24)25)33(31,32)26-15-8-12-16(20(30)19(15)29)18(28)11-4-2-1-3-10(11)17(12)27/h1-8,26,29-30H. The van der Waals surface area contributed by atoms with Gasteiger partial charge in [0.05, 0.1) is 26.7 Å². The summed E-state index contributed by atoms with van der Waals surface area (Å²) in [6.45, 7) is 0. The lowest BCUT2D eigenvalue weighted by Gasteiger charge is -2.21. The molecule has 0 aliphatic heterocycles. The van der Waals surface area contributed by atoms with Crippen LogP contribution in [-0.4, -0.2) is 30.2 Å². The molecule has 0 spiro atoms. The fourth-order valence-electron chi connectivity index (χ4n) is 3.40. The number of rotatable bonds is 3. The summed E-state index contributed by atoms with van der Waals surface area (Å²) in [4.78, 5) is 24.7. The van der Waals surface area contributed by atoms with Crippen LogP contribution in [0.3, 0.4) is 0 Å². The Hall–Kier alpha value is -3.57. The van der Waals surface area contributed by atoms with Crippen molar-refractivity contribution in [1.29, 1.82) is 0 Å². The van der Waals surface area contributed by atoms with Crippen molar-refractivity contribution in [3.8, 4) is 11.5 Å². The van der Waals surface area contributed by atoms with E-state index in [9.17, 15) is 41.4 Å². The first-order chi connectivity index (χ1) is 15.3. The maximum absolute atomic E-state index is 13.1.